The van der Waals surface area contributed by atoms with Crippen molar-refractivity contribution in [1.29, 1.82) is 0 Å². The molecule has 1 atom stereocenters. The molecule has 236 valence electrons. The minimum absolute atomic E-state index is 0.0831. The molecule has 0 bridgehead atoms. The first-order valence-electron chi connectivity index (χ1n) is 13.1. The molecule has 3 aromatic rings. The Labute approximate surface area is 247 Å². The number of aromatic nitrogens is 2. The van der Waals surface area contributed by atoms with Crippen LogP contribution in [0.1, 0.15) is 28.8 Å². The first-order valence-corrected chi connectivity index (χ1v) is 13.1. The number of aliphatic carboxylic acids is 2. The fourth-order valence-corrected chi connectivity index (χ4v) is 4.93. The zero-order valence-electron chi connectivity index (χ0n) is 23.3. The number of alkyl halides is 6. The molecule has 4 heterocycles. The van der Waals surface area contributed by atoms with E-state index in [9.17, 15) is 31.1 Å². The second-order valence-electron chi connectivity index (χ2n) is 10.1. The Morgan fingerprint density at radius 2 is 1.50 bits per heavy atom. The minimum Gasteiger partial charge on any atom is -0.475 e. The van der Waals surface area contributed by atoms with E-state index in [4.69, 9.17) is 24.8 Å². The van der Waals surface area contributed by atoms with Crippen LogP contribution in [0.2, 0.25) is 0 Å². The molecule has 1 spiro atoms. The van der Waals surface area contributed by atoms with Gasteiger partial charge in [-0.15, -0.1) is 0 Å². The van der Waals surface area contributed by atoms with Crippen LogP contribution in [-0.2, 0) is 32.8 Å². The van der Waals surface area contributed by atoms with E-state index < -0.39 is 24.3 Å². The summed E-state index contributed by atoms with van der Waals surface area (Å²) in [7, 11) is 0. The first kappa shape index (κ1) is 33.8. The molecule has 15 heteroatoms. The summed E-state index contributed by atoms with van der Waals surface area (Å²) < 4.78 is 63.5. The number of carboxylic acids is 2. The number of carboxylic acid groups (broad SMARTS) is 2. The van der Waals surface area contributed by atoms with Gasteiger partial charge in [-0.2, -0.15) is 26.3 Å². The van der Waals surface area contributed by atoms with Crippen LogP contribution < -0.4 is 4.90 Å². The Balaban J connectivity index is 0.000000317. The van der Waals surface area contributed by atoms with Crippen LogP contribution in [0.15, 0.2) is 67.1 Å². The Hall–Kier alpha value is -4.69. The zero-order valence-corrected chi connectivity index (χ0v) is 23.3. The van der Waals surface area contributed by atoms with E-state index in [0.29, 0.717) is 6.42 Å². The van der Waals surface area contributed by atoms with Crippen LogP contribution >= 0.6 is 0 Å². The van der Waals surface area contributed by atoms with Gasteiger partial charge < -0.3 is 20.0 Å². The van der Waals surface area contributed by atoms with Gasteiger partial charge in [-0.25, -0.2) is 9.59 Å². The molecule has 0 radical (unpaired) electrons. The predicted octanol–water partition coefficient (Wildman–Crippen LogP) is 4.78. The van der Waals surface area contributed by atoms with Gasteiger partial charge in [-0.1, -0.05) is 30.3 Å². The van der Waals surface area contributed by atoms with E-state index in [1.165, 1.54) is 16.8 Å². The average Bonchev–Trinajstić information content (AvgIpc) is 3.52. The number of pyridine rings is 2. The largest absolute Gasteiger partial charge is 0.490 e. The van der Waals surface area contributed by atoms with Crippen molar-refractivity contribution in [2.24, 2.45) is 0 Å². The van der Waals surface area contributed by atoms with Crippen LogP contribution in [-0.4, -0.2) is 74.9 Å². The van der Waals surface area contributed by atoms with Crippen molar-refractivity contribution in [3.63, 3.8) is 0 Å². The van der Waals surface area contributed by atoms with Crippen molar-refractivity contribution in [1.82, 2.24) is 14.9 Å². The van der Waals surface area contributed by atoms with Crippen molar-refractivity contribution >= 4 is 23.5 Å². The average molecular weight is 627 g/mol. The smallest absolute Gasteiger partial charge is 0.475 e. The monoisotopic (exact) mass is 626 g/mol. The number of fused-ring (bicyclic) bond motifs is 2. The topological polar surface area (TPSA) is 124 Å². The van der Waals surface area contributed by atoms with E-state index in [-0.39, 0.29) is 11.3 Å². The molecule has 0 saturated carbocycles. The van der Waals surface area contributed by atoms with Gasteiger partial charge in [0.2, 0.25) is 5.91 Å². The number of likely N-dealkylation sites (tertiary alicyclic amines) is 1. The van der Waals surface area contributed by atoms with E-state index in [0.717, 1.165) is 43.9 Å². The molecule has 44 heavy (non-hydrogen) atoms. The Morgan fingerprint density at radius 1 is 0.886 bits per heavy atom. The van der Waals surface area contributed by atoms with Crippen molar-refractivity contribution in [3.8, 4) is 0 Å². The summed E-state index contributed by atoms with van der Waals surface area (Å²) in [5.41, 5.74) is 5.73. The lowest BCUT2D eigenvalue weighted by molar-refractivity contribution is -0.193. The van der Waals surface area contributed by atoms with Crippen LogP contribution in [0.3, 0.4) is 0 Å². The highest BCUT2D eigenvalue weighted by Crippen LogP contribution is 2.45. The highest BCUT2D eigenvalue weighted by atomic mass is 19.4. The molecule has 1 fully saturated rings. The minimum atomic E-state index is -5.08. The second-order valence-corrected chi connectivity index (χ2v) is 10.1. The molecular weight excluding hydrogens is 598 g/mol. The van der Waals surface area contributed by atoms with Gasteiger partial charge in [-0.3, -0.25) is 14.8 Å². The highest BCUT2D eigenvalue weighted by molar-refractivity contribution is 5.80. The predicted molar refractivity (Wildman–Crippen MR) is 145 cm³/mol. The number of hydrogen-bond acceptors (Lipinski definition) is 6. The number of carbonyl (C=O) groups excluding carboxylic acids is 1. The Kier molecular flexibility index (Phi) is 10.6. The van der Waals surface area contributed by atoms with Gasteiger partial charge >= 0.3 is 24.3 Å². The van der Waals surface area contributed by atoms with Gasteiger partial charge in [0.05, 0.1) is 23.2 Å². The second kappa shape index (κ2) is 13.7. The standard InChI is InChI=1S/C25H26N4O.2C2HF3O2/c1-19-6-2-3-8-21(19)14-23(30)28-13-10-25(17-28)18-29(16-20-7-4-11-26-15-20)22-9-5-12-27-24(22)25;2*3-2(4,5)1(6)7/h2-9,11-12,15H,10,13-14,16-18H2,1H3;2*(H,6,7). The van der Waals surface area contributed by atoms with E-state index in [2.05, 4.69) is 41.1 Å². The number of nitrogens with zero attached hydrogens (tertiary/aromatic N) is 4. The number of hydrogen-bond donors (Lipinski definition) is 2. The zero-order chi connectivity index (χ0) is 32.7. The molecule has 2 aromatic heterocycles. The van der Waals surface area contributed by atoms with Crippen molar-refractivity contribution in [2.75, 3.05) is 24.5 Å². The molecular formula is C29H28F6N4O5. The molecule has 2 aliphatic rings. The fraction of sp³-hybridized carbons (Fsp3) is 0.345. The summed E-state index contributed by atoms with van der Waals surface area (Å²) in [6.45, 7) is 5.31. The number of anilines is 1. The van der Waals surface area contributed by atoms with Gasteiger partial charge in [-0.05, 0) is 48.2 Å². The third kappa shape index (κ3) is 8.67. The summed E-state index contributed by atoms with van der Waals surface area (Å²) >= 11 is 0. The van der Waals surface area contributed by atoms with E-state index in [1.54, 1.807) is 6.20 Å². The maximum atomic E-state index is 13.1. The third-order valence-corrected chi connectivity index (χ3v) is 7.01. The lowest BCUT2D eigenvalue weighted by Crippen LogP contribution is -2.39. The van der Waals surface area contributed by atoms with Crippen molar-refractivity contribution in [3.05, 3.63) is 89.5 Å². The lowest BCUT2D eigenvalue weighted by atomic mass is 9.85. The van der Waals surface area contributed by atoms with Gasteiger partial charge in [0.25, 0.3) is 0 Å². The molecule has 1 aromatic carbocycles. The number of amides is 1. The summed E-state index contributed by atoms with van der Waals surface area (Å²) in [6, 6.07) is 16.4. The van der Waals surface area contributed by atoms with Crippen molar-refractivity contribution in [2.45, 2.75) is 44.1 Å². The lowest BCUT2D eigenvalue weighted by Gasteiger charge is -2.26. The molecule has 2 N–H and O–H groups in total. The molecule has 2 aliphatic heterocycles. The maximum Gasteiger partial charge on any atom is 0.490 e. The molecule has 0 aliphatic carbocycles. The first-order chi connectivity index (χ1) is 20.5. The summed E-state index contributed by atoms with van der Waals surface area (Å²) in [4.78, 5) is 44.3. The maximum absolute atomic E-state index is 13.1. The van der Waals surface area contributed by atoms with E-state index in [1.807, 2.05) is 41.6 Å². The quantitative estimate of drug-likeness (QED) is 0.397. The number of carbonyl (C=O) groups is 3. The highest BCUT2D eigenvalue weighted by Gasteiger charge is 2.49. The summed E-state index contributed by atoms with van der Waals surface area (Å²) in [5.74, 6) is -5.30. The summed E-state index contributed by atoms with van der Waals surface area (Å²) in [6.07, 6.45) is -3.13. The number of aryl methyl sites for hydroxylation is 1. The summed E-state index contributed by atoms with van der Waals surface area (Å²) in [5, 5.41) is 14.2. The van der Waals surface area contributed by atoms with Gasteiger partial charge in [0.1, 0.15) is 0 Å². The third-order valence-electron chi connectivity index (χ3n) is 7.01. The van der Waals surface area contributed by atoms with Crippen molar-refractivity contribution < 1.29 is 50.9 Å². The molecule has 5 rings (SSSR count). The Morgan fingerprint density at radius 3 is 2.07 bits per heavy atom. The van der Waals surface area contributed by atoms with Crippen LogP contribution in [0.25, 0.3) is 0 Å². The molecule has 1 unspecified atom stereocenters. The van der Waals surface area contributed by atoms with Crippen LogP contribution in [0.5, 0.6) is 0 Å². The van der Waals surface area contributed by atoms with E-state index >= 15 is 0 Å². The normalized spacial score (nSPS) is 17.2. The number of benzene rings is 1. The number of rotatable bonds is 4. The van der Waals surface area contributed by atoms with Crippen LogP contribution in [0.4, 0.5) is 32.0 Å². The Bertz CT molecular complexity index is 1440. The molecule has 1 amide bonds. The number of halogens is 6. The fourth-order valence-electron chi connectivity index (χ4n) is 4.93. The SMILES string of the molecule is Cc1ccccc1CC(=O)N1CCC2(C1)CN(Cc1cccnc1)c1cccnc12.O=C(O)C(F)(F)F.O=C(O)C(F)(F)F. The van der Waals surface area contributed by atoms with Gasteiger partial charge in [0.15, 0.2) is 0 Å². The molecule has 1 saturated heterocycles. The van der Waals surface area contributed by atoms with Gasteiger partial charge in [0, 0.05) is 44.8 Å². The van der Waals surface area contributed by atoms with Crippen LogP contribution in [0, 0.1) is 6.92 Å². The molecule has 9 nitrogen and oxygen atoms in total.